The molecule has 3 rings (SSSR count). The molecular weight excluding hydrogens is 330 g/mol. The van der Waals surface area contributed by atoms with Gasteiger partial charge in [-0.15, -0.1) is 11.6 Å². The van der Waals surface area contributed by atoms with Crippen LogP contribution in [0.3, 0.4) is 0 Å². The van der Waals surface area contributed by atoms with Crippen LogP contribution >= 0.6 is 11.6 Å². The van der Waals surface area contributed by atoms with Gasteiger partial charge in [-0.3, -0.25) is 14.9 Å². The van der Waals surface area contributed by atoms with Crippen LogP contribution in [-0.2, 0) is 17.8 Å². The Balaban J connectivity index is 1.95. The molecule has 6 nitrogen and oxygen atoms in total. The Kier molecular flexibility index (Phi) is 4.66. The molecule has 0 fully saturated rings. The van der Waals surface area contributed by atoms with Crippen molar-refractivity contribution in [2.45, 2.75) is 13.0 Å². The van der Waals surface area contributed by atoms with E-state index >= 15 is 0 Å². The van der Waals surface area contributed by atoms with Crippen LogP contribution in [-0.4, -0.2) is 23.3 Å². The molecule has 0 saturated carbocycles. The monoisotopic (exact) mass is 345 g/mol. The van der Waals surface area contributed by atoms with Gasteiger partial charge in [0.25, 0.3) is 5.69 Å². The largest absolute Gasteiger partial charge is 0.365 e. The first kappa shape index (κ1) is 16.3. The fourth-order valence-corrected chi connectivity index (χ4v) is 2.97. The Morgan fingerprint density at radius 2 is 2.00 bits per heavy atom. The number of nitrogens with one attached hydrogen (secondary N) is 1. The molecule has 0 aliphatic carbocycles. The van der Waals surface area contributed by atoms with E-state index in [0.29, 0.717) is 12.2 Å². The molecule has 0 bridgehead atoms. The van der Waals surface area contributed by atoms with Gasteiger partial charge < -0.3 is 10.2 Å². The molecule has 124 valence electrons. The van der Waals surface area contributed by atoms with Crippen molar-refractivity contribution in [3.05, 3.63) is 63.7 Å². The highest BCUT2D eigenvalue weighted by Crippen LogP contribution is 2.33. The van der Waals surface area contributed by atoms with Gasteiger partial charge in [0.15, 0.2) is 0 Å². The van der Waals surface area contributed by atoms with E-state index in [4.69, 9.17) is 11.6 Å². The van der Waals surface area contributed by atoms with Crippen molar-refractivity contribution in [2.24, 2.45) is 0 Å². The molecule has 0 radical (unpaired) electrons. The number of carbonyl (C=O) groups excluding carboxylic acids is 1. The van der Waals surface area contributed by atoms with Gasteiger partial charge in [0, 0.05) is 25.2 Å². The summed E-state index contributed by atoms with van der Waals surface area (Å²) >= 11 is 5.55. The van der Waals surface area contributed by atoms with E-state index in [1.54, 1.807) is 6.07 Å². The van der Waals surface area contributed by atoms with E-state index in [1.165, 1.54) is 23.3 Å². The first-order valence-corrected chi connectivity index (χ1v) is 8.08. The quantitative estimate of drug-likeness (QED) is 0.524. The molecule has 1 aliphatic heterocycles. The van der Waals surface area contributed by atoms with E-state index in [9.17, 15) is 14.9 Å². The highest BCUT2D eigenvalue weighted by atomic mass is 35.5. The molecular formula is C17H16ClN3O3. The normalized spacial score (nSPS) is 13.3. The molecule has 2 aromatic carbocycles. The number of carbonyl (C=O) groups is 1. The Hall–Kier alpha value is -2.60. The third kappa shape index (κ3) is 3.33. The maximum absolute atomic E-state index is 11.7. The molecule has 0 atom stereocenters. The first-order chi connectivity index (χ1) is 11.6. The van der Waals surface area contributed by atoms with Crippen LogP contribution in [0.2, 0.25) is 0 Å². The Morgan fingerprint density at radius 3 is 2.71 bits per heavy atom. The third-order valence-corrected chi connectivity index (χ3v) is 4.30. The lowest BCUT2D eigenvalue weighted by atomic mass is 9.99. The SMILES string of the molecule is O=C(CCl)Nc1cc([N+](=O)[O-])ccc1N1CCc2ccccc2C1. The Bertz CT molecular complexity index is 794. The molecule has 7 heteroatoms. The lowest BCUT2D eigenvalue weighted by molar-refractivity contribution is -0.384. The Labute approximate surface area is 144 Å². The summed E-state index contributed by atoms with van der Waals surface area (Å²) in [6.07, 6.45) is 0.885. The minimum Gasteiger partial charge on any atom is -0.365 e. The second-order valence-electron chi connectivity index (χ2n) is 5.58. The average molecular weight is 346 g/mol. The number of benzene rings is 2. The van der Waals surface area contributed by atoms with Gasteiger partial charge in [0.1, 0.15) is 5.88 Å². The van der Waals surface area contributed by atoms with E-state index in [-0.39, 0.29) is 11.6 Å². The van der Waals surface area contributed by atoms with Crippen LogP contribution < -0.4 is 10.2 Å². The predicted octanol–water partition coefficient (Wildman–Crippen LogP) is 3.33. The number of rotatable bonds is 4. The molecule has 24 heavy (non-hydrogen) atoms. The summed E-state index contributed by atoms with van der Waals surface area (Å²) in [5.41, 5.74) is 3.63. The minimum absolute atomic E-state index is 0.0685. The van der Waals surface area contributed by atoms with Crippen molar-refractivity contribution in [1.29, 1.82) is 0 Å². The van der Waals surface area contributed by atoms with Crippen LogP contribution in [0.15, 0.2) is 42.5 Å². The molecule has 0 aromatic heterocycles. The molecule has 0 saturated heterocycles. The number of amides is 1. The molecule has 2 aromatic rings. The number of hydrogen-bond acceptors (Lipinski definition) is 4. The third-order valence-electron chi connectivity index (χ3n) is 4.06. The van der Waals surface area contributed by atoms with Crippen molar-refractivity contribution in [1.82, 2.24) is 0 Å². The number of hydrogen-bond donors (Lipinski definition) is 1. The van der Waals surface area contributed by atoms with Crippen molar-refractivity contribution >= 4 is 34.6 Å². The van der Waals surface area contributed by atoms with Gasteiger partial charge in [0.2, 0.25) is 5.91 Å². The Morgan fingerprint density at radius 1 is 1.25 bits per heavy atom. The number of nitro groups is 1. The van der Waals surface area contributed by atoms with Crippen LogP contribution in [0.1, 0.15) is 11.1 Å². The summed E-state index contributed by atoms with van der Waals surface area (Å²) < 4.78 is 0. The molecule has 0 unspecified atom stereocenters. The molecule has 1 N–H and O–H groups in total. The topological polar surface area (TPSA) is 75.5 Å². The van der Waals surface area contributed by atoms with Crippen molar-refractivity contribution in [3.8, 4) is 0 Å². The highest BCUT2D eigenvalue weighted by molar-refractivity contribution is 6.29. The number of nitrogens with zero attached hydrogens (tertiary/aromatic N) is 2. The molecule has 0 spiro atoms. The number of anilines is 2. The number of halogens is 1. The van der Waals surface area contributed by atoms with Crippen LogP contribution in [0.5, 0.6) is 0 Å². The van der Waals surface area contributed by atoms with Crippen molar-refractivity contribution < 1.29 is 9.72 Å². The lowest BCUT2D eigenvalue weighted by Gasteiger charge is -2.32. The van der Waals surface area contributed by atoms with Crippen LogP contribution in [0.25, 0.3) is 0 Å². The predicted molar refractivity (Wildman–Crippen MR) is 93.6 cm³/mol. The zero-order valence-corrected chi connectivity index (χ0v) is 13.6. The molecule has 1 heterocycles. The van der Waals surface area contributed by atoms with Crippen LogP contribution in [0, 0.1) is 10.1 Å². The summed E-state index contributed by atoms with van der Waals surface area (Å²) in [5.74, 6) is -0.596. The first-order valence-electron chi connectivity index (χ1n) is 7.54. The summed E-state index contributed by atoms with van der Waals surface area (Å²) in [6.45, 7) is 1.47. The summed E-state index contributed by atoms with van der Waals surface area (Å²) in [4.78, 5) is 24.3. The second-order valence-corrected chi connectivity index (χ2v) is 5.85. The zero-order valence-electron chi connectivity index (χ0n) is 12.9. The van der Waals surface area contributed by atoms with Gasteiger partial charge in [-0.05, 0) is 23.6 Å². The maximum atomic E-state index is 11.7. The molecule has 1 amide bonds. The van der Waals surface area contributed by atoms with Gasteiger partial charge in [0.05, 0.1) is 16.3 Å². The lowest BCUT2D eigenvalue weighted by Crippen LogP contribution is -2.31. The van der Waals surface area contributed by atoms with Crippen molar-refractivity contribution in [2.75, 3.05) is 22.6 Å². The fourth-order valence-electron chi connectivity index (χ4n) is 2.90. The summed E-state index contributed by atoms with van der Waals surface area (Å²) in [6, 6.07) is 12.7. The number of alkyl halides is 1. The van der Waals surface area contributed by atoms with Gasteiger partial charge in [-0.1, -0.05) is 24.3 Å². The second kappa shape index (κ2) is 6.88. The van der Waals surface area contributed by atoms with Gasteiger partial charge in [-0.25, -0.2) is 0 Å². The summed E-state index contributed by atoms with van der Waals surface area (Å²) in [5, 5.41) is 13.7. The average Bonchev–Trinajstić information content (AvgIpc) is 2.61. The van der Waals surface area contributed by atoms with E-state index in [1.807, 2.05) is 12.1 Å². The van der Waals surface area contributed by atoms with Crippen LogP contribution in [0.4, 0.5) is 17.1 Å². The smallest absolute Gasteiger partial charge is 0.271 e. The number of non-ortho nitro benzene ring substituents is 1. The van der Waals surface area contributed by atoms with E-state index in [2.05, 4.69) is 22.3 Å². The minimum atomic E-state index is -0.481. The van der Waals surface area contributed by atoms with Gasteiger partial charge >= 0.3 is 0 Å². The van der Waals surface area contributed by atoms with Crippen molar-refractivity contribution in [3.63, 3.8) is 0 Å². The standard InChI is InChI=1S/C17H16ClN3O3/c18-10-17(22)19-15-9-14(21(23)24)5-6-16(15)20-8-7-12-3-1-2-4-13(12)11-20/h1-6,9H,7-8,10-11H2,(H,19,22). The number of fused-ring (bicyclic) bond motifs is 1. The van der Waals surface area contributed by atoms with Gasteiger partial charge in [-0.2, -0.15) is 0 Å². The maximum Gasteiger partial charge on any atom is 0.271 e. The summed E-state index contributed by atoms with van der Waals surface area (Å²) in [7, 11) is 0. The van der Waals surface area contributed by atoms with E-state index < -0.39 is 10.8 Å². The highest BCUT2D eigenvalue weighted by Gasteiger charge is 2.21. The number of nitro benzene ring substituents is 1. The zero-order chi connectivity index (χ0) is 17.1. The fraction of sp³-hybridized carbons (Fsp3) is 0.235. The molecule has 1 aliphatic rings. The van der Waals surface area contributed by atoms with E-state index in [0.717, 1.165) is 18.7 Å².